The second-order valence-electron chi connectivity index (χ2n) is 34.7. The molecule has 0 saturated heterocycles. The number of fused-ring (bicyclic) bond motifs is 6. The molecule has 0 bridgehead atoms. The zero-order chi connectivity index (χ0) is 71.0. The Labute approximate surface area is 638 Å². The van der Waals surface area contributed by atoms with E-state index < -0.39 is 0 Å². The second-order valence-corrected chi connectivity index (χ2v) is 37.2. The zero-order valence-electron chi connectivity index (χ0n) is 64.1. The summed E-state index contributed by atoms with van der Waals surface area (Å²) < 4.78 is 2.85. The van der Waals surface area contributed by atoms with E-state index in [0.29, 0.717) is 0 Å². The first-order chi connectivity index (χ1) is 44.5. The van der Waals surface area contributed by atoms with E-state index >= 15 is 0 Å². The van der Waals surface area contributed by atoms with Crippen LogP contribution in [-0.4, -0.2) is 6.41 Å². The van der Waals surface area contributed by atoms with Crippen LogP contribution in [0.5, 0.6) is 0 Å². The molecule has 0 amide bonds. The van der Waals surface area contributed by atoms with Crippen LogP contribution in [0.2, 0.25) is 0 Å². The van der Waals surface area contributed by atoms with Crippen molar-refractivity contribution in [3.8, 4) is 22.3 Å². The van der Waals surface area contributed by atoms with Crippen LogP contribution >= 0.6 is 0 Å². The van der Waals surface area contributed by atoms with Crippen molar-refractivity contribution in [2.24, 2.45) is 0 Å². The van der Waals surface area contributed by atoms with Crippen molar-refractivity contribution in [1.82, 2.24) is 0 Å². The average molecular weight is 1500 g/mol. The fourth-order valence-electron chi connectivity index (χ4n) is 11.5. The normalized spacial score (nSPS) is 13.3. The summed E-state index contributed by atoms with van der Waals surface area (Å²) in [4.78, 5) is 0. The molecule has 0 aliphatic heterocycles. The van der Waals surface area contributed by atoms with Gasteiger partial charge in [-0.3, -0.25) is 12.2 Å². The molecule has 4 aliphatic carbocycles. The van der Waals surface area contributed by atoms with Crippen molar-refractivity contribution in [1.29, 1.82) is 0 Å². The van der Waals surface area contributed by atoms with E-state index in [4.69, 9.17) is 0 Å². The third kappa shape index (κ3) is 23.4. The van der Waals surface area contributed by atoms with Crippen LogP contribution in [0.15, 0.2) is 194 Å². The van der Waals surface area contributed by atoms with Gasteiger partial charge in [-0.1, -0.05) is 153 Å². The minimum atomic E-state index is 0. The molecule has 512 valence electrons. The van der Waals surface area contributed by atoms with Crippen molar-refractivity contribution in [3.05, 3.63) is 307 Å². The summed E-state index contributed by atoms with van der Waals surface area (Å²) in [5.41, 5.74) is 29.3. The molecule has 4 heteroatoms. The molecule has 0 fully saturated rings. The predicted molar refractivity (Wildman–Crippen MR) is 412 cm³/mol. The summed E-state index contributed by atoms with van der Waals surface area (Å²) in [5.74, 6) is 0. The minimum Gasteiger partial charge on any atom is -1.00 e. The fraction of sp³-hybridized carbons (Fsp3) is 0.383. The summed E-state index contributed by atoms with van der Waals surface area (Å²) in [6.45, 7) is 54.4. The Morgan fingerprint density at radius 2 is 0.510 bits per heavy atom. The molecule has 0 heterocycles. The zero-order valence-corrected chi connectivity index (χ0v) is 70.5. The average Bonchev–Trinajstić information content (AvgIpc) is 1.61. The molecule has 8 aromatic rings. The van der Waals surface area contributed by atoms with Gasteiger partial charge in [-0.25, -0.2) is 24.3 Å². The van der Waals surface area contributed by atoms with Crippen LogP contribution in [0.1, 0.15) is 268 Å². The molecular formula is C94H112Cl2Zr2-2. The van der Waals surface area contributed by atoms with Gasteiger partial charge in [0.05, 0.1) is 0 Å². The van der Waals surface area contributed by atoms with Gasteiger partial charge >= 0.3 is 301 Å². The van der Waals surface area contributed by atoms with E-state index in [1.807, 2.05) is 24.3 Å². The molecule has 8 aromatic carbocycles. The molecule has 0 nitrogen and oxygen atoms in total. The van der Waals surface area contributed by atoms with Gasteiger partial charge < -0.3 is 24.8 Å². The number of benzene rings is 8. The minimum absolute atomic E-state index is 0. The molecule has 0 radical (unpaired) electrons. The van der Waals surface area contributed by atoms with Gasteiger partial charge in [0.15, 0.2) is 0 Å². The number of hydrogen-bond acceptors (Lipinski definition) is 0. The van der Waals surface area contributed by atoms with Crippen LogP contribution in [0.3, 0.4) is 0 Å². The molecule has 0 unspecified atom stereocenters. The Kier molecular flexibility index (Phi) is 29.1. The van der Waals surface area contributed by atoms with Crippen LogP contribution in [0, 0.1) is 24.3 Å². The molecule has 0 aromatic heterocycles. The SMILES string of the molecule is CC(C)(C)c1c[c-]c2c(c1)-c1cc(C(C)(C)C)ccc1C2.CC(C)(C)c1c[c-]c2c(c1)-c1cc(C(C)(C)C)ccc1C2.CC(C)(C)c1ccc([C](=[Zr+2])c2ccc(C(C)(C)C)cc2)cc1.CC(C)(C)c1ccc([C](=[Zr+2])c2ccc(C(C)(C)C)cc2)cc1.[C-]1=CC=CC1.[C-]1=CC=CC1.[Cl-].[Cl-]. The first-order valence-electron chi connectivity index (χ1n) is 34.9. The Balaban J connectivity index is 0.000000223. The van der Waals surface area contributed by atoms with Crippen molar-refractivity contribution in [2.45, 2.75) is 235 Å². The maximum atomic E-state index is 3.53. The Bertz CT molecular complexity index is 3550. The topological polar surface area (TPSA) is 0 Å². The van der Waals surface area contributed by atoms with Crippen LogP contribution in [0.25, 0.3) is 22.3 Å². The van der Waals surface area contributed by atoms with Gasteiger partial charge in [0, 0.05) is 0 Å². The van der Waals surface area contributed by atoms with Gasteiger partial charge in [-0.05, 0) is 34.8 Å². The van der Waals surface area contributed by atoms with Gasteiger partial charge in [0.25, 0.3) is 0 Å². The molecule has 12 rings (SSSR count). The monoisotopic (exact) mass is 1490 g/mol. The Morgan fingerprint density at radius 3 is 0.704 bits per heavy atom. The molecule has 0 saturated carbocycles. The quantitative estimate of drug-likeness (QED) is 0.154. The molecule has 0 atom stereocenters. The summed E-state index contributed by atoms with van der Waals surface area (Å²) in [6, 6.07) is 66.4. The van der Waals surface area contributed by atoms with Gasteiger partial charge in [-0.2, -0.15) is 70.8 Å². The maximum absolute atomic E-state index is 3.53. The van der Waals surface area contributed by atoms with E-state index in [2.05, 4.69) is 360 Å². The Hall–Kier alpha value is -5.19. The first-order valence-corrected chi connectivity index (χ1v) is 37.4. The van der Waals surface area contributed by atoms with E-state index in [1.165, 1.54) is 166 Å². The first kappa shape index (κ1) is 83.5. The van der Waals surface area contributed by atoms with E-state index in [-0.39, 0.29) is 68.1 Å². The molecule has 0 N–H and O–H groups in total. The van der Waals surface area contributed by atoms with Crippen molar-refractivity contribution in [3.63, 3.8) is 0 Å². The van der Waals surface area contributed by atoms with E-state index in [1.54, 1.807) is 0 Å². The fourth-order valence-corrected chi connectivity index (χ4v) is 13.2. The third-order valence-electron chi connectivity index (χ3n) is 18.4. The molecule has 98 heavy (non-hydrogen) atoms. The van der Waals surface area contributed by atoms with Crippen LogP contribution in [0.4, 0.5) is 0 Å². The smallest absolute Gasteiger partial charge is 0.109 e. The van der Waals surface area contributed by atoms with Crippen LogP contribution in [-0.2, 0) is 105 Å². The summed E-state index contributed by atoms with van der Waals surface area (Å²) in [5, 5.41) is 0. The number of rotatable bonds is 4. The van der Waals surface area contributed by atoms with Gasteiger partial charge in [-0.15, -0.1) is 24.0 Å². The van der Waals surface area contributed by atoms with Gasteiger partial charge in [0.2, 0.25) is 0 Å². The number of hydrogen-bond donors (Lipinski definition) is 0. The second kappa shape index (κ2) is 34.2. The number of allylic oxidation sites excluding steroid dienone is 8. The molecular weight excluding hydrogens is 1380 g/mol. The van der Waals surface area contributed by atoms with E-state index in [0.717, 1.165) is 25.7 Å². The van der Waals surface area contributed by atoms with Crippen molar-refractivity contribution in [2.75, 3.05) is 0 Å². The molecule has 0 spiro atoms. The summed E-state index contributed by atoms with van der Waals surface area (Å²) in [7, 11) is 0. The largest absolute Gasteiger partial charge is 1.00 e. The van der Waals surface area contributed by atoms with Crippen molar-refractivity contribution >= 4 is 6.41 Å². The maximum Gasteiger partial charge on any atom is -0.109 e. The molecule has 4 aliphatic rings. The van der Waals surface area contributed by atoms with Crippen molar-refractivity contribution < 1.29 is 73.3 Å². The predicted octanol–water partition coefficient (Wildman–Crippen LogP) is 18.7. The Morgan fingerprint density at radius 1 is 0.286 bits per heavy atom. The van der Waals surface area contributed by atoms with E-state index in [9.17, 15) is 0 Å². The third-order valence-corrected chi connectivity index (χ3v) is 21.2. The van der Waals surface area contributed by atoms with Crippen LogP contribution < -0.4 is 24.8 Å². The summed E-state index contributed by atoms with van der Waals surface area (Å²) >= 11 is 2.92. The number of halogens is 2. The summed E-state index contributed by atoms with van der Waals surface area (Å²) in [6.07, 6.45) is 22.1. The standard InChI is InChI=1S/2C21H25.2C21H26.2C5H5.2ClH.2Zr/c2*1-20(2,3)16-9-7-14-11-15-8-10-17(21(4,5)6)13-19(15)18(14)12-16;2*1-20(2,3)18-11-7-16(8-12-18)15-17-9-13-19(14-10-17)21(4,5)6;2*1-2-4-5-3-1;;;;/h2*7,9-10,12-13H,11H2,1-6H3;2*7-14H,1-6H3;2*1-3H,4H2;2*1H;;/q2*-1;;;2*-1;;;2*+2/p-2. The van der Waals surface area contributed by atoms with Gasteiger partial charge in [0.1, 0.15) is 0 Å².